The van der Waals surface area contributed by atoms with Crippen LogP contribution in [0.15, 0.2) is 30.6 Å². The normalized spacial score (nSPS) is 13.1. The quantitative estimate of drug-likeness (QED) is 0.0673. The number of unbranched alkanes of at least 4 members (excludes halogenated alkanes) is 15. The Morgan fingerprint density at radius 2 is 1.00 bits per heavy atom. The van der Waals surface area contributed by atoms with E-state index in [4.69, 9.17) is 18.5 Å². The molecule has 1 atom stereocenters. The van der Waals surface area contributed by atoms with Crippen molar-refractivity contribution in [3.8, 4) is 0 Å². The first-order valence-corrected chi connectivity index (χ1v) is 16.3. The van der Waals surface area contributed by atoms with Crippen LogP contribution in [0.2, 0.25) is 0 Å². The maximum absolute atomic E-state index is 11.8. The van der Waals surface area contributed by atoms with Crippen molar-refractivity contribution in [1.29, 1.82) is 0 Å². The molecular weight excluding hydrogens is 489 g/mol. The fraction of sp³-hybridized carbons (Fsp3) is 0.828. The zero-order chi connectivity index (χ0) is 26.7. The Balaban J connectivity index is 1.74. The Bertz CT molecular complexity index is 649. The molecule has 0 aliphatic rings. The van der Waals surface area contributed by atoms with E-state index in [2.05, 4.69) is 6.92 Å². The molecular formula is C29H55NO6P+. The summed E-state index contributed by atoms with van der Waals surface area (Å²) >= 11 is 0. The minimum atomic E-state index is -4.05. The Morgan fingerprint density at radius 1 is 0.568 bits per heavy atom. The summed E-state index contributed by atoms with van der Waals surface area (Å²) in [5.41, 5.74) is 0. The highest BCUT2D eigenvalue weighted by Gasteiger charge is 2.21. The molecule has 0 bridgehead atoms. The van der Waals surface area contributed by atoms with Crippen LogP contribution < -0.4 is 4.57 Å². The lowest BCUT2D eigenvalue weighted by Crippen LogP contribution is -2.34. The number of ether oxygens (including phenoxy) is 2. The van der Waals surface area contributed by atoms with E-state index in [0.717, 1.165) is 13.0 Å². The van der Waals surface area contributed by atoms with Gasteiger partial charge in [0.15, 0.2) is 18.9 Å². The predicted molar refractivity (Wildman–Crippen MR) is 150 cm³/mol. The van der Waals surface area contributed by atoms with Crippen molar-refractivity contribution in [2.75, 3.05) is 39.6 Å². The van der Waals surface area contributed by atoms with Gasteiger partial charge in [-0.2, -0.15) is 0 Å². The van der Waals surface area contributed by atoms with Crippen LogP contribution in [0.4, 0.5) is 0 Å². The highest BCUT2D eigenvalue weighted by Crippen LogP contribution is 2.42. The monoisotopic (exact) mass is 544 g/mol. The largest absolute Gasteiger partial charge is 0.472 e. The van der Waals surface area contributed by atoms with E-state index < -0.39 is 7.82 Å². The molecule has 0 saturated heterocycles. The van der Waals surface area contributed by atoms with Gasteiger partial charge in [-0.15, -0.1) is 0 Å². The van der Waals surface area contributed by atoms with Crippen molar-refractivity contribution in [3.05, 3.63) is 30.6 Å². The van der Waals surface area contributed by atoms with Gasteiger partial charge in [-0.05, 0) is 6.42 Å². The molecule has 1 rings (SSSR count). The minimum Gasteiger partial charge on any atom is -0.379 e. The average Bonchev–Trinajstić information content (AvgIpc) is 2.89. The first kappa shape index (κ1) is 34.2. The summed E-state index contributed by atoms with van der Waals surface area (Å²) in [6.07, 6.45) is 25.6. The molecule has 8 heteroatoms. The zero-order valence-corrected chi connectivity index (χ0v) is 24.4. The predicted octanol–water partition coefficient (Wildman–Crippen LogP) is 7.40. The molecule has 1 heterocycles. The number of aromatic nitrogens is 1. The Kier molecular flexibility index (Phi) is 23.5. The molecule has 1 aromatic rings. The summed E-state index contributed by atoms with van der Waals surface area (Å²) in [7, 11) is -4.05. The summed E-state index contributed by atoms with van der Waals surface area (Å²) < 4.78 is 34.6. The third-order valence-corrected chi connectivity index (χ3v) is 7.40. The summed E-state index contributed by atoms with van der Waals surface area (Å²) in [4.78, 5) is 9.69. The Labute approximate surface area is 226 Å². The zero-order valence-electron chi connectivity index (χ0n) is 23.5. The summed E-state index contributed by atoms with van der Waals surface area (Å²) in [5.74, 6) is 0. The standard InChI is InChI=1S/C29H54NO6P/c1-2-3-4-5-6-7-8-9-10-11-12-13-14-15-16-20-24-33-26-27-34-28-29-36-37(31,32)35-25-23-30-21-18-17-19-22-30/h17-19,21-22H,2-16,20,23-29H2,1H3/p+1. The van der Waals surface area contributed by atoms with Gasteiger partial charge in [-0.3, -0.25) is 9.05 Å². The maximum atomic E-state index is 11.8. The van der Waals surface area contributed by atoms with Crippen LogP contribution in [-0.4, -0.2) is 44.5 Å². The fourth-order valence-corrected chi connectivity index (χ4v) is 4.86. The topological polar surface area (TPSA) is 78.1 Å². The van der Waals surface area contributed by atoms with Crippen molar-refractivity contribution in [1.82, 2.24) is 0 Å². The van der Waals surface area contributed by atoms with Crippen molar-refractivity contribution < 1.29 is 32.5 Å². The number of phosphoric acid groups is 1. The van der Waals surface area contributed by atoms with Gasteiger partial charge in [0.1, 0.15) is 6.61 Å². The minimum absolute atomic E-state index is 0.00534. The first-order valence-electron chi connectivity index (χ1n) is 14.9. The Morgan fingerprint density at radius 3 is 1.54 bits per heavy atom. The van der Waals surface area contributed by atoms with Crippen molar-refractivity contribution in [2.45, 2.75) is 116 Å². The van der Waals surface area contributed by atoms with Crippen LogP contribution in [0, 0.1) is 0 Å². The summed E-state index contributed by atoms with van der Waals surface area (Å²) in [6, 6.07) is 5.68. The second-order valence-electron chi connectivity index (χ2n) is 9.78. The molecule has 0 aliphatic carbocycles. The lowest BCUT2D eigenvalue weighted by Gasteiger charge is -2.11. The molecule has 37 heavy (non-hydrogen) atoms. The van der Waals surface area contributed by atoms with Crippen LogP contribution in [0.25, 0.3) is 0 Å². The number of hydrogen-bond donors (Lipinski definition) is 1. The van der Waals surface area contributed by atoms with E-state index >= 15 is 0 Å². The van der Waals surface area contributed by atoms with Gasteiger partial charge in [0.2, 0.25) is 0 Å². The van der Waals surface area contributed by atoms with Gasteiger partial charge >= 0.3 is 7.82 Å². The van der Waals surface area contributed by atoms with E-state index in [1.54, 1.807) is 0 Å². The second-order valence-corrected chi connectivity index (χ2v) is 11.2. The highest BCUT2D eigenvalue weighted by molar-refractivity contribution is 7.47. The van der Waals surface area contributed by atoms with E-state index in [1.807, 2.05) is 35.2 Å². The molecule has 0 aliphatic heterocycles. The van der Waals surface area contributed by atoms with Gasteiger partial charge in [-0.25, -0.2) is 9.13 Å². The maximum Gasteiger partial charge on any atom is 0.472 e. The third kappa shape index (κ3) is 24.0. The lowest BCUT2D eigenvalue weighted by atomic mass is 10.0. The SMILES string of the molecule is CCCCCCCCCCCCCCCCCCOCCOCCOP(=O)(O)OCC[n+]1ccccc1. The molecule has 0 aromatic carbocycles. The number of pyridine rings is 1. The van der Waals surface area contributed by atoms with Crippen LogP contribution >= 0.6 is 7.82 Å². The molecule has 1 unspecified atom stereocenters. The van der Waals surface area contributed by atoms with Crippen molar-refractivity contribution in [3.63, 3.8) is 0 Å². The van der Waals surface area contributed by atoms with Gasteiger partial charge in [-0.1, -0.05) is 109 Å². The number of phosphoric ester groups is 1. The molecule has 0 saturated carbocycles. The van der Waals surface area contributed by atoms with Gasteiger partial charge < -0.3 is 14.4 Å². The summed E-state index contributed by atoms with van der Waals surface area (Å²) in [6.45, 7) is 4.82. The average molecular weight is 545 g/mol. The highest BCUT2D eigenvalue weighted by atomic mass is 31.2. The lowest BCUT2D eigenvalue weighted by molar-refractivity contribution is -0.697. The van der Waals surface area contributed by atoms with E-state index in [-0.39, 0.29) is 19.8 Å². The molecule has 0 amide bonds. The molecule has 7 nitrogen and oxygen atoms in total. The number of rotatable bonds is 28. The molecule has 0 fully saturated rings. The van der Waals surface area contributed by atoms with Crippen LogP contribution in [0.5, 0.6) is 0 Å². The smallest absolute Gasteiger partial charge is 0.379 e. The van der Waals surface area contributed by atoms with Crippen LogP contribution in [-0.2, 0) is 29.6 Å². The molecule has 0 radical (unpaired) electrons. The second kappa shape index (κ2) is 25.5. The van der Waals surface area contributed by atoms with Crippen molar-refractivity contribution >= 4 is 7.82 Å². The van der Waals surface area contributed by atoms with Gasteiger partial charge in [0.05, 0.1) is 26.4 Å². The molecule has 1 aromatic heterocycles. The van der Waals surface area contributed by atoms with Crippen LogP contribution in [0.3, 0.4) is 0 Å². The van der Waals surface area contributed by atoms with Crippen molar-refractivity contribution in [2.24, 2.45) is 0 Å². The molecule has 1 N–H and O–H groups in total. The first-order chi connectivity index (χ1) is 18.1. The summed E-state index contributed by atoms with van der Waals surface area (Å²) in [5, 5.41) is 0. The molecule has 216 valence electrons. The Hall–Kier alpha value is -0.820. The molecule has 0 spiro atoms. The third-order valence-electron chi connectivity index (χ3n) is 6.38. The van der Waals surface area contributed by atoms with E-state index in [1.165, 1.54) is 96.3 Å². The fourth-order valence-electron chi connectivity index (χ4n) is 4.17. The number of hydrogen-bond acceptors (Lipinski definition) is 5. The van der Waals surface area contributed by atoms with Gasteiger partial charge in [0, 0.05) is 18.7 Å². The van der Waals surface area contributed by atoms with Gasteiger partial charge in [0.25, 0.3) is 0 Å². The number of nitrogens with zero attached hydrogens (tertiary/aromatic N) is 1. The van der Waals surface area contributed by atoms with E-state index in [0.29, 0.717) is 19.8 Å². The van der Waals surface area contributed by atoms with E-state index in [9.17, 15) is 9.46 Å². The van der Waals surface area contributed by atoms with Crippen LogP contribution in [0.1, 0.15) is 110 Å².